The molecule has 5 heteroatoms. The van der Waals surface area contributed by atoms with Crippen LogP contribution in [0.4, 0.5) is 13.2 Å². The van der Waals surface area contributed by atoms with Crippen LogP contribution in [0, 0.1) is 0 Å². The Bertz CT molecular complexity index is 460. The van der Waals surface area contributed by atoms with Crippen LogP contribution < -0.4 is 5.32 Å². The van der Waals surface area contributed by atoms with Gasteiger partial charge in [-0.25, -0.2) is 0 Å². The molecule has 0 saturated carbocycles. The number of alkyl halides is 3. The lowest BCUT2D eigenvalue weighted by atomic mass is 10.0. The van der Waals surface area contributed by atoms with Gasteiger partial charge in [-0.3, -0.25) is 4.99 Å². The van der Waals surface area contributed by atoms with Crippen molar-refractivity contribution in [3.05, 3.63) is 47.7 Å². The fourth-order valence-corrected chi connectivity index (χ4v) is 1.66. The average molecular weight is 240 g/mol. The van der Waals surface area contributed by atoms with E-state index in [1.54, 1.807) is 24.3 Å². The van der Waals surface area contributed by atoms with Crippen LogP contribution in [0.25, 0.3) is 0 Å². The van der Waals surface area contributed by atoms with Crippen LogP contribution in [0.2, 0.25) is 0 Å². The van der Waals surface area contributed by atoms with Gasteiger partial charge in [0.15, 0.2) is 0 Å². The number of allylic oxidation sites excluding steroid dienone is 1. The summed E-state index contributed by atoms with van der Waals surface area (Å²) in [7, 11) is 0. The van der Waals surface area contributed by atoms with Gasteiger partial charge in [0.25, 0.3) is 0 Å². The Labute approximate surface area is 96.9 Å². The molecule has 0 aliphatic carbocycles. The number of hydrogen-bond donors (Lipinski definition) is 1. The van der Waals surface area contributed by atoms with Crippen molar-refractivity contribution in [1.29, 1.82) is 0 Å². The van der Waals surface area contributed by atoms with Gasteiger partial charge in [-0.05, 0) is 18.6 Å². The van der Waals surface area contributed by atoms with Crippen LogP contribution in [0.5, 0.6) is 0 Å². The monoisotopic (exact) mass is 240 g/mol. The summed E-state index contributed by atoms with van der Waals surface area (Å²) in [6.07, 6.45) is -3.27. The van der Waals surface area contributed by atoms with E-state index in [1.807, 2.05) is 6.07 Å². The Kier molecular flexibility index (Phi) is 2.92. The Morgan fingerprint density at radius 2 is 1.82 bits per heavy atom. The first-order valence-corrected chi connectivity index (χ1v) is 5.12. The van der Waals surface area contributed by atoms with Crippen molar-refractivity contribution < 1.29 is 13.2 Å². The van der Waals surface area contributed by atoms with Crippen LogP contribution in [-0.2, 0) is 0 Å². The highest BCUT2D eigenvalue weighted by Crippen LogP contribution is 2.30. The number of hydrogen-bond acceptors (Lipinski definition) is 2. The van der Waals surface area contributed by atoms with Gasteiger partial charge in [-0.1, -0.05) is 30.3 Å². The van der Waals surface area contributed by atoms with Crippen molar-refractivity contribution in [3.8, 4) is 0 Å². The van der Waals surface area contributed by atoms with Gasteiger partial charge in [0.05, 0.1) is 11.9 Å². The van der Waals surface area contributed by atoms with Gasteiger partial charge in [0, 0.05) is 0 Å². The normalized spacial score (nSPS) is 20.4. The number of nitrogens with zero attached hydrogens (tertiary/aromatic N) is 1. The quantitative estimate of drug-likeness (QED) is 0.801. The van der Waals surface area contributed by atoms with Gasteiger partial charge >= 0.3 is 6.18 Å². The van der Waals surface area contributed by atoms with E-state index < -0.39 is 17.9 Å². The second-order valence-electron chi connectivity index (χ2n) is 3.77. The summed E-state index contributed by atoms with van der Waals surface area (Å²) in [5.41, 5.74) is -0.00560. The molecule has 1 N–H and O–H groups in total. The molecular formula is C12H11F3N2. The minimum atomic E-state index is -4.37. The maximum absolute atomic E-state index is 12.6. The van der Waals surface area contributed by atoms with Crippen LogP contribution in [0.15, 0.2) is 47.1 Å². The number of amidine groups is 1. The molecule has 17 heavy (non-hydrogen) atoms. The predicted molar refractivity (Wildman–Crippen MR) is 59.6 cm³/mol. The molecule has 1 heterocycles. The summed E-state index contributed by atoms with van der Waals surface area (Å²) >= 11 is 0. The molecule has 2 rings (SSSR count). The first-order valence-electron chi connectivity index (χ1n) is 5.12. The molecule has 0 spiro atoms. The first kappa shape index (κ1) is 11.7. The molecular weight excluding hydrogens is 229 g/mol. The third-order valence-corrected chi connectivity index (χ3v) is 2.42. The molecule has 0 amide bonds. The summed E-state index contributed by atoms with van der Waals surface area (Å²) in [5.74, 6) is 0.272. The molecule has 0 fully saturated rings. The highest BCUT2D eigenvalue weighted by molar-refractivity contribution is 5.82. The van der Waals surface area contributed by atoms with E-state index >= 15 is 0 Å². The molecule has 0 saturated heterocycles. The summed E-state index contributed by atoms with van der Waals surface area (Å²) in [6, 6.07) is 8.32. The van der Waals surface area contributed by atoms with E-state index in [0.29, 0.717) is 0 Å². The largest absolute Gasteiger partial charge is 0.431 e. The van der Waals surface area contributed by atoms with Gasteiger partial charge in [0.1, 0.15) is 5.70 Å². The minimum Gasteiger partial charge on any atom is -0.340 e. The van der Waals surface area contributed by atoms with Crippen LogP contribution in [0.3, 0.4) is 0 Å². The lowest BCUT2D eigenvalue weighted by molar-refractivity contribution is -0.0955. The SMILES string of the molecule is CC1=N[C@H](c2ccccc2)C=C(C(F)(F)F)N1. The smallest absolute Gasteiger partial charge is 0.340 e. The number of halogens is 3. The molecule has 1 aliphatic heterocycles. The predicted octanol–water partition coefficient (Wildman–Crippen LogP) is 3.20. The maximum Gasteiger partial charge on any atom is 0.431 e. The standard InChI is InChI=1S/C12H11F3N2/c1-8-16-10(9-5-3-2-4-6-9)7-11(17-8)12(13,14)15/h2-7,10H,1H3,(H,16,17)/t10-/m0/s1. The lowest BCUT2D eigenvalue weighted by Crippen LogP contribution is -2.33. The number of benzene rings is 1. The number of aliphatic imine (C=N–C) groups is 1. The third kappa shape index (κ3) is 2.67. The van der Waals surface area contributed by atoms with Gasteiger partial charge in [-0.15, -0.1) is 0 Å². The fraction of sp³-hybridized carbons (Fsp3) is 0.250. The average Bonchev–Trinajstić information content (AvgIpc) is 2.28. The lowest BCUT2D eigenvalue weighted by Gasteiger charge is -2.22. The summed E-state index contributed by atoms with van der Waals surface area (Å²) in [6.45, 7) is 1.52. The highest BCUT2D eigenvalue weighted by Gasteiger charge is 2.36. The molecule has 0 bridgehead atoms. The van der Waals surface area contributed by atoms with Crippen molar-refractivity contribution >= 4 is 5.84 Å². The molecule has 0 aromatic heterocycles. The molecule has 1 aromatic rings. The Hall–Kier alpha value is -1.78. The van der Waals surface area contributed by atoms with Gasteiger partial charge < -0.3 is 5.32 Å². The second-order valence-corrected chi connectivity index (χ2v) is 3.77. The van der Waals surface area contributed by atoms with E-state index in [2.05, 4.69) is 10.3 Å². The summed E-state index contributed by atoms with van der Waals surface area (Å²) < 4.78 is 37.9. The summed E-state index contributed by atoms with van der Waals surface area (Å²) in [5, 5.41) is 2.24. The summed E-state index contributed by atoms with van der Waals surface area (Å²) in [4.78, 5) is 4.15. The Morgan fingerprint density at radius 3 is 2.41 bits per heavy atom. The van der Waals surface area contributed by atoms with Gasteiger partial charge in [-0.2, -0.15) is 13.2 Å². The van der Waals surface area contributed by atoms with Crippen LogP contribution in [0.1, 0.15) is 18.5 Å². The highest BCUT2D eigenvalue weighted by atomic mass is 19.4. The van der Waals surface area contributed by atoms with E-state index in [1.165, 1.54) is 6.92 Å². The van der Waals surface area contributed by atoms with Crippen molar-refractivity contribution in [3.63, 3.8) is 0 Å². The first-order chi connectivity index (χ1) is 7.97. The van der Waals surface area contributed by atoms with Gasteiger partial charge in [0.2, 0.25) is 0 Å². The molecule has 1 aromatic carbocycles. The van der Waals surface area contributed by atoms with Crippen molar-refractivity contribution in [1.82, 2.24) is 5.32 Å². The third-order valence-electron chi connectivity index (χ3n) is 2.42. The second kappa shape index (κ2) is 4.24. The van der Waals surface area contributed by atoms with Crippen LogP contribution in [-0.4, -0.2) is 12.0 Å². The zero-order valence-corrected chi connectivity index (χ0v) is 9.12. The van der Waals surface area contributed by atoms with Crippen molar-refractivity contribution in [2.75, 3.05) is 0 Å². The maximum atomic E-state index is 12.6. The zero-order valence-electron chi connectivity index (χ0n) is 9.12. The minimum absolute atomic E-state index is 0.272. The van der Waals surface area contributed by atoms with E-state index in [-0.39, 0.29) is 5.84 Å². The fourth-order valence-electron chi connectivity index (χ4n) is 1.66. The molecule has 0 radical (unpaired) electrons. The zero-order chi connectivity index (χ0) is 12.5. The topological polar surface area (TPSA) is 24.4 Å². The van der Waals surface area contributed by atoms with E-state index in [4.69, 9.17) is 0 Å². The molecule has 1 aliphatic rings. The molecule has 90 valence electrons. The molecule has 1 atom stereocenters. The molecule has 0 unspecified atom stereocenters. The van der Waals surface area contributed by atoms with E-state index in [9.17, 15) is 13.2 Å². The van der Waals surface area contributed by atoms with Crippen LogP contribution >= 0.6 is 0 Å². The van der Waals surface area contributed by atoms with Crippen molar-refractivity contribution in [2.24, 2.45) is 4.99 Å². The Morgan fingerprint density at radius 1 is 1.18 bits per heavy atom. The van der Waals surface area contributed by atoms with E-state index in [0.717, 1.165) is 11.6 Å². The number of nitrogens with one attached hydrogen (secondary N) is 1. The Balaban J connectivity index is 2.35. The molecule has 2 nitrogen and oxygen atoms in total. The van der Waals surface area contributed by atoms with Crippen molar-refractivity contribution in [2.45, 2.75) is 19.1 Å². The number of rotatable bonds is 1.